The molecule has 3 aromatic rings. The highest BCUT2D eigenvalue weighted by molar-refractivity contribution is 5.91. The van der Waals surface area contributed by atoms with Gasteiger partial charge < -0.3 is 20.1 Å². The highest BCUT2D eigenvalue weighted by atomic mass is 19.1. The highest BCUT2D eigenvalue weighted by Gasteiger charge is 2.10. The summed E-state index contributed by atoms with van der Waals surface area (Å²) >= 11 is 0. The van der Waals surface area contributed by atoms with Crippen molar-refractivity contribution in [3.05, 3.63) is 71.9 Å². The first kappa shape index (κ1) is 20.1. The van der Waals surface area contributed by atoms with Crippen molar-refractivity contribution in [3.63, 3.8) is 0 Å². The second-order valence-corrected chi connectivity index (χ2v) is 6.10. The van der Waals surface area contributed by atoms with Gasteiger partial charge in [-0.05, 0) is 42.0 Å². The average molecular weight is 399 g/mol. The molecule has 0 unspecified atom stereocenters. The second kappa shape index (κ2) is 9.01. The summed E-state index contributed by atoms with van der Waals surface area (Å²) < 4.78 is 37.1. The number of aromatic nitrogens is 1. The molecule has 29 heavy (non-hydrogen) atoms. The monoisotopic (exact) mass is 399 g/mol. The third-order valence-electron chi connectivity index (χ3n) is 4.05. The molecule has 0 saturated carbocycles. The number of nitrogens with zero attached hydrogens (tertiary/aromatic N) is 1. The summed E-state index contributed by atoms with van der Waals surface area (Å²) in [5.41, 5.74) is 1.37. The predicted molar refractivity (Wildman–Crippen MR) is 106 cm³/mol. The Morgan fingerprint density at radius 3 is 2.45 bits per heavy atom. The Labute approximate surface area is 166 Å². The number of rotatable bonds is 7. The van der Waals surface area contributed by atoms with Crippen molar-refractivity contribution >= 4 is 23.1 Å². The lowest BCUT2D eigenvalue weighted by molar-refractivity contribution is -0.115. The standard InChI is InChI=1S/C21H19F2N3O3/c1-28-18-7-3-13(9-19(18)29-2)10-21(27)26-20-8-5-15(12-24-20)25-17-6-4-14(22)11-16(17)23/h3-9,11-12,25H,10H2,1-2H3,(H,24,26,27). The summed E-state index contributed by atoms with van der Waals surface area (Å²) in [7, 11) is 3.07. The van der Waals surface area contributed by atoms with Gasteiger partial charge in [-0.15, -0.1) is 0 Å². The van der Waals surface area contributed by atoms with E-state index in [0.717, 1.165) is 17.7 Å². The lowest BCUT2D eigenvalue weighted by atomic mass is 10.1. The summed E-state index contributed by atoms with van der Waals surface area (Å²) in [6, 6.07) is 11.7. The summed E-state index contributed by atoms with van der Waals surface area (Å²) in [5.74, 6) is -0.148. The van der Waals surface area contributed by atoms with E-state index in [-0.39, 0.29) is 18.0 Å². The van der Waals surface area contributed by atoms with Crippen LogP contribution in [0.3, 0.4) is 0 Å². The number of pyridine rings is 1. The fraction of sp³-hybridized carbons (Fsp3) is 0.143. The molecule has 2 N–H and O–H groups in total. The van der Waals surface area contributed by atoms with E-state index in [1.807, 2.05) is 0 Å². The molecule has 2 aromatic carbocycles. The Morgan fingerprint density at radius 1 is 1.00 bits per heavy atom. The van der Waals surface area contributed by atoms with Crippen LogP contribution >= 0.6 is 0 Å². The first-order valence-electron chi connectivity index (χ1n) is 8.67. The van der Waals surface area contributed by atoms with Crippen molar-refractivity contribution < 1.29 is 23.0 Å². The number of anilines is 3. The Bertz CT molecular complexity index is 1010. The zero-order chi connectivity index (χ0) is 20.8. The van der Waals surface area contributed by atoms with Crippen LogP contribution in [0.1, 0.15) is 5.56 Å². The van der Waals surface area contributed by atoms with Gasteiger partial charge in [0.25, 0.3) is 0 Å². The molecule has 0 fully saturated rings. The number of amides is 1. The molecule has 0 atom stereocenters. The molecular formula is C21H19F2N3O3. The van der Waals surface area contributed by atoms with Crippen LogP contribution in [0.5, 0.6) is 11.5 Å². The van der Waals surface area contributed by atoms with E-state index in [1.165, 1.54) is 19.4 Å². The van der Waals surface area contributed by atoms with Gasteiger partial charge in [0.1, 0.15) is 17.5 Å². The maximum Gasteiger partial charge on any atom is 0.229 e. The topological polar surface area (TPSA) is 72.5 Å². The Kier molecular flexibility index (Phi) is 6.23. The Balaban J connectivity index is 1.61. The van der Waals surface area contributed by atoms with Crippen molar-refractivity contribution in [2.75, 3.05) is 24.9 Å². The highest BCUT2D eigenvalue weighted by Crippen LogP contribution is 2.28. The molecule has 0 aliphatic heterocycles. The fourth-order valence-corrected chi connectivity index (χ4v) is 2.65. The summed E-state index contributed by atoms with van der Waals surface area (Å²) in [6.45, 7) is 0. The van der Waals surface area contributed by atoms with Crippen LogP contribution in [-0.4, -0.2) is 25.1 Å². The molecule has 0 radical (unpaired) electrons. The maximum absolute atomic E-state index is 13.7. The normalized spacial score (nSPS) is 10.3. The quantitative estimate of drug-likeness (QED) is 0.620. The molecule has 150 valence electrons. The molecule has 0 bridgehead atoms. The van der Waals surface area contributed by atoms with Gasteiger partial charge in [-0.25, -0.2) is 13.8 Å². The van der Waals surface area contributed by atoms with Crippen LogP contribution in [-0.2, 0) is 11.2 Å². The SMILES string of the molecule is COc1ccc(CC(=O)Nc2ccc(Nc3ccc(F)cc3F)cn2)cc1OC. The molecule has 1 heterocycles. The third-order valence-corrected chi connectivity index (χ3v) is 4.05. The number of methoxy groups -OCH3 is 2. The van der Waals surface area contributed by atoms with Gasteiger partial charge in [0.15, 0.2) is 11.5 Å². The molecule has 1 amide bonds. The summed E-state index contributed by atoms with van der Waals surface area (Å²) in [6.07, 6.45) is 1.57. The number of halogens is 2. The number of carbonyl (C=O) groups excluding carboxylic acids is 1. The van der Waals surface area contributed by atoms with Gasteiger partial charge in [-0.1, -0.05) is 6.07 Å². The van der Waals surface area contributed by atoms with Crippen molar-refractivity contribution in [2.45, 2.75) is 6.42 Å². The molecule has 0 aliphatic rings. The van der Waals surface area contributed by atoms with E-state index in [2.05, 4.69) is 15.6 Å². The second-order valence-electron chi connectivity index (χ2n) is 6.10. The maximum atomic E-state index is 13.7. The van der Waals surface area contributed by atoms with E-state index >= 15 is 0 Å². The van der Waals surface area contributed by atoms with Crippen LogP contribution in [0.25, 0.3) is 0 Å². The third kappa shape index (κ3) is 5.19. The van der Waals surface area contributed by atoms with Gasteiger partial charge in [-0.3, -0.25) is 4.79 Å². The van der Waals surface area contributed by atoms with Gasteiger partial charge >= 0.3 is 0 Å². The summed E-state index contributed by atoms with van der Waals surface area (Å²) in [5, 5.41) is 5.49. The van der Waals surface area contributed by atoms with Gasteiger partial charge in [0, 0.05) is 6.07 Å². The van der Waals surface area contributed by atoms with E-state index < -0.39 is 11.6 Å². The number of ether oxygens (including phenoxy) is 2. The molecule has 8 heteroatoms. The van der Waals surface area contributed by atoms with Crippen LogP contribution in [0, 0.1) is 11.6 Å². The molecular weight excluding hydrogens is 380 g/mol. The van der Waals surface area contributed by atoms with Crippen LogP contribution in [0.15, 0.2) is 54.7 Å². The van der Waals surface area contributed by atoms with E-state index in [0.29, 0.717) is 23.0 Å². The number of hydrogen-bond acceptors (Lipinski definition) is 5. The smallest absolute Gasteiger partial charge is 0.229 e. The minimum atomic E-state index is -0.711. The molecule has 0 spiro atoms. The molecule has 0 saturated heterocycles. The zero-order valence-electron chi connectivity index (χ0n) is 15.8. The zero-order valence-corrected chi connectivity index (χ0v) is 15.8. The first-order chi connectivity index (χ1) is 14.0. The number of benzene rings is 2. The van der Waals surface area contributed by atoms with Gasteiger partial charge in [0.05, 0.1) is 38.2 Å². The fourth-order valence-electron chi connectivity index (χ4n) is 2.65. The van der Waals surface area contributed by atoms with Gasteiger partial charge in [0.2, 0.25) is 5.91 Å². The van der Waals surface area contributed by atoms with Crippen LogP contribution in [0.4, 0.5) is 26.0 Å². The van der Waals surface area contributed by atoms with Crippen molar-refractivity contribution in [1.29, 1.82) is 0 Å². The predicted octanol–water partition coefficient (Wildman–Crippen LogP) is 4.30. The summed E-state index contributed by atoms with van der Waals surface area (Å²) in [4.78, 5) is 16.4. The number of hydrogen-bond donors (Lipinski definition) is 2. The number of carbonyl (C=O) groups is 1. The van der Waals surface area contributed by atoms with Crippen LogP contribution < -0.4 is 20.1 Å². The van der Waals surface area contributed by atoms with E-state index in [4.69, 9.17) is 9.47 Å². The molecule has 0 aliphatic carbocycles. The van der Waals surface area contributed by atoms with Gasteiger partial charge in [-0.2, -0.15) is 0 Å². The van der Waals surface area contributed by atoms with E-state index in [1.54, 1.807) is 37.4 Å². The lowest BCUT2D eigenvalue weighted by Crippen LogP contribution is -2.15. The largest absolute Gasteiger partial charge is 0.493 e. The lowest BCUT2D eigenvalue weighted by Gasteiger charge is -2.10. The van der Waals surface area contributed by atoms with Crippen LogP contribution in [0.2, 0.25) is 0 Å². The minimum Gasteiger partial charge on any atom is -0.493 e. The van der Waals surface area contributed by atoms with Crippen molar-refractivity contribution in [1.82, 2.24) is 4.98 Å². The van der Waals surface area contributed by atoms with Crippen molar-refractivity contribution in [3.8, 4) is 11.5 Å². The first-order valence-corrected chi connectivity index (χ1v) is 8.67. The Hall–Kier alpha value is -3.68. The molecule has 1 aromatic heterocycles. The van der Waals surface area contributed by atoms with Crippen molar-refractivity contribution in [2.24, 2.45) is 0 Å². The molecule has 6 nitrogen and oxygen atoms in total. The average Bonchev–Trinajstić information content (AvgIpc) is 2.71. The number of nitrogens with one attached hydrogen (secondary N) is 2. The Morgan fingerprint density at radius 2 is 1.79 bits per heavy atom. The van der Waals surface area contributed by atoms with E-state index in [9.17, 15) is 13.6 Å². The molecule has 3 rings (SSSR count). The minimum absolute atomic E-state index is 0.124.